The number of para-hydroxylation sites is 1. The minimum Gasteiger partial charge on any atom is -0.345 e. The zero-order chi connectivity index (χ0) is 9.80. The van der Waals surface area contributed by atoms with E-state index in [1.54, 1.807) is 6.33 Å². The Bertz CT molecular complexity index is 442. The Balaban J connectivity index is 2.36. The third kappa shape index (κ3) is 1.67. The molecule has 0 atom stereocenters. The van der Waals surface area contributed by atoms with Crippen molar-refractivity contribution in [2.45, 2.75) is 0 Å². The number of nitrogens with zero attached hydrogens (tertiary/aromatic N) is 1. The summed E-state index contributed by atoms with van der Waals surface area (Å²) in [5.74, 6) is 0. The van der Waals surface area contributed by atoms with E-state index in [4.69, 9.17) is 0 Å². The molecule has 1 aromatic heterocycles. The van der Waals surface area contributed by atoms with Gasteiger partial charge in [0, 0.05) is 12.1 Å². The lowest BCUT2D eigenvalue weighted by Crippen LogP contribution is -2.03. The van der Waals surface area contributed by atoms with Crippen LogP contribution in [0.2, 0.25) is 0 Å². The molecule has 2 aromatic rings. The van der Waals surface area contributed by atoms with Crippen molar-refractivity contribution in [2.24, 2.45) is 0 Å². The van der Waals surface area contributed by atoms with Gasteiger partial charge in [0.05, 0.1) is 17.4 Å². The van der Waals surface area contributed by atoms with Crippen molar-refractivity contribution >= 4 is 17.1 Å². The van der Waals surface area contributed by atoms with Crippen LogP contribution in [0.5, 0.6) is 0 Å². The van der Waals surface area contributed by atoms with Gasteiger partial charge < -0.3 is 10.3 Å². The van der Waals surface area contributed by atoms with E-state index in [-0.39, 0.29) is 0 Å². The van der Waals surface area contributed by atoms with Gasteiger partial charge in [0.1, 0.15) is 0 Å². The summed E-state index contributed by atoms with van der Waals surface area (Å²) < 4.78 is 0. The molecule has 0 amide bonds. The third-order valence-electron chi connectivity index (χ3n) is 2.10. The first-order chi connectivity index (χ1) is 6.92. The van der Waals surface area contributed by atoms with E-state index in [2.05, 4.69) is 33.5 Å². The number of imidazole rings is 1. The highest BCUT2D eigenvalue weighted by atomic mass is 14.9. The number of rotatable bonds is 3. The Morgan fingerprint density at radius 3 is 3.29 bits per heavy atom. The van der Waals surface area contributed by atoms with Crippen molar-refractivity contribution in [3.05, 3.63) is 36.2 Å². The molecular formula is C11H13N3. The zero-order valence-electron chi connectivity index (χ0n) is 8.12. The van der Waals surface area contributed by atoms with Gasteiger partial charge in [-0.25, -0.2) is 4.98 Å². The van der Waals surface area contributed by atoms with Crippen LogP contribution >= 0.6 is 0 Å². The van der Waals surface area contributed by atoms with Crippen LogP contribution in [0, 0.1) is 0 Å². The standard InChI is InChI=1S/C11H13N3/c1-12-7-3-5-9-4-2-6-10-11(9)14-8-13-10/h2-6,8,12H,7H2,1H3,(H,13,14). The Kier molecular flexibility index (Phi) is 2.60. The number of nitrogens with one attached hydrogen (secondary N) is 2. The van der Waals surface area contributed by atoms with Crippen LogP contribution in [0.15, 0.2) is 30.6 Å². The van der Waals surface area contributed by atoms with Crippen molar-refractivity contribution in [3.8, 4) is 0 Å². The Hall–Kier alpha value is -1.61. The first-order valence-corrected chi connectivity index (χ1v) is 4.65. The molecule has 0 fully saturated rings. The number of hydrogen-bond acceptors (Lipinski definition) is 2. The normalized spacial score (nSPS) is 11.5. The summed E-state index contributed by atoms with van der Waals surface area (Å²) in [4.78, 5) is 7.36. The number of fused-ring (bicyclic) bond motifs is 1. The van der Waals surface area contributed by atoms with Crippen LogP contribution in [-0.2, 0) is 0 Å². The van der Waals surface area contributed by atoms with Gasteiger partial charge in [0.2, 0.25) is 0 Å². The third-order valence-corrected chi connectivity index (χ3v) is 2.10. The van der Waals surface area contributed by atoms with Crippen LogP contribution in [0.3, 0.4) is 0 Å². The molecule has 0 radical (unpaired) electrons. The predicted octanol–water partition coefficient (Wildman–Crippen LogP) is 1.80. The Labute approximate surface area is 82.9 Å². The molecule has 2 N–H and O–H groups in total. The van der Waals surface area contributed by atoms with E-state index in [0.717, 1.165) is 23.1 Å². The maximum Gasteiger partial charge on any atom is 0.0954 e. The molecule has 72 valence electrons. The van der Waals surface area contributed by atoms with Gasteiger partial charge in [-0.15, -0.1) is 0 Å². The molecule has 0 bridgehead atoms. The largest absolute Gasteiger partial charge is 0.345 e. The second-order valence-corrected chi connectivity index (χ2v) is 3.11. The van der Waals surface area contributed by atoms with E-state index < -0.39 is 0 Å². The Morgan fingerprint density at radius 2 is 2.43 bits per heavy atom. The lowest BCUT2D eigenvalue weighted by molar-refractivity contribution is 0.922. The van der Waals surface area contributed by atoms with Gasteiger partial charge in [0.15, 0.2) is 0 Å². The molecule has 0 unspecified atom stereocenters. The first-order valence-electron chi connectivity index (χ1n) is 4.65. The van der Waals surface area contributed by atoms with Gasteiger partial charge in [-0.1, -0.05) is 24.3 Å². The van der Waals surface area contributed by atoms with E-state index >= 15 is 0 Å². The Morgan fingerprint density at radius 1 is 1.50 bits per heavy atom. The van der Waals surface area contributed by atoms with Gasteiger partial charge in [0.25, 0.3) is 0 Å². The number of likely N-dealkylation sites (N-methyl/N-ethyl adjacent to an activating group) is 1. The SMILES string of the molecule is CNCC=Cc1cccc2[nH]cnc12. The minimum atomic E-state index is 0.876. The molecule has 1 heterocycles. The van der Waals surface area contributed by atoms with E-state index in [0.29, 0.717) is 0 Å². The lowest BCUT2D eigenvalue weighted by Gasteiger charge is -1.94. The maximum absolute atomic E-state index is 4.27. The number of H-pyrrole nitrogens is 1. The summed E-state index contributed by atoms with van der Waals surface area (Å²) in [6, 6.07) is 6.12. The van der Waals surface area contributed by atoms with Gasteiger partial charge in [-0.2, -0.15) is 0 Å². The molecule has 1 aromatic carbocycles. The second-order valence-electron chi connectivity index (χ2n) is 3.11. The maximum atomic E-state index is 4.27. The fraction of sp³-hybridized carbons (Fsp3) is 0.182. The molecule has 0 saturated heterocycles. The van der Waals surface area contributed by atoms with Crippen LogP contribution in [0.25, 0.3) is 17.1 Å². The summed E-state index contributed by atoms with van der Waals surface area (Å²) in [5, 5.41) is 3.06. The molecule has 0 aliphatic rings. The van der Waals surface area contributed by atoms with Gasteiger partial charge >= 0.3 is 0 Å². The predicted molar refractivity (Wildman–Crippen MR) is 59.1 cm³/mol. The van der Waals surface area contributed by atoms with Gasteiger partial charge in [-0.3, -0.25) is 0 Å². The van der Waals surface area contributed by atoms with Crippen molar-refractivity contribution in [1.29, 1.82) is 0 Å². The zero-order valence-corrected chi connectivity index (χ0v) is 8.12. The molecule has 2 rings (SSSR count). The monoisotopic (exact) mass is 187 g/mol. The number of aromatic nitrogens is 2. The summed E-state index contributed by atoms with van der Waals surface area (Å²) >= 11 is 0. The molecule has 14 heavy (non-hydrogen) atoms. The molecular weight excluding hydrogens is 174 g/mol. The highest BCUT2D eigenvalue weighted by Gasteiger charge is 1.98. The van der Waals surface area contributed by atoms with Crippen LogP contribution < -0.4 is 5.32 Å². The summed E-state index contributed by atoms with van der Waals surface area (Å²) in [6.07, 6.45) is 5.89. The lowest BCUT2D eigenvalue weighted by atomic mass is 10.1. The number of benzene rings is 1. The fourth-order valence-corrected chi connectivity index (χ4v) is 1.43. The number of aromatic amines is 1. The number of hydrogen-bond donors (Lipinski definition) is 2. The first kappa shape index (κ1) is 8.97. The summed E-state index contributed by atoms with van der Waals surface area (Å²) in [7, 11) is 1.93. The van der Waals surface area contributed by atoms with Crippen LogP contribution in [0.4, 0.5) is 0 Å². The molecule has 0 aliphatic carbocycles. The summed E-state index contributed by atoms with van der Waals surface area (Å²) in [5.41, 5.74) is 3.26. The van der Waals surface area contributed by atoms with E-state index in [9.17, 15) is 0 Å². The van der Waals surface area contributed by atoms with E-state index in [1.165, 1.54) is 0 Å². The average molecular weight is 187 g/mol. The fourth-order valence-electron chi connectivity index (χ4n) is 1.43. The highest BCUT2D eigenvalue weighted by molar-refractivity contribution is 5.84. The molecule has 0 spiro atoms. The molecule has 0 aliphatic heterocycles. The van der Waals surface area contributed by atoms with Crippen molar-refractivity contribution in [3.63, 3.8) is 0 Å². The minimum absolute atomic E-state index is 0.876. The summed E-state index contributed by atoms with van der Waals surface area (Å²) in [6.45, 7) is 0.876. The van der Waals surface area contributed by atoms with Crippen LogP contribution in [0.1, 0.15) is 5.56 Å². The van der Waals surface area contributed by atoms with Crippen molar-refractivity contribution < 1.29 is 0 Å². The highest BCUT2D eigenvalue weighted by Crippen LogP contribution is 2.15. The van der Waals surface area contributed by atoms with Crippen molar-refractivity contribution in [2.75, 3.05) is 13.6 Å². The van der Waals surface area contributed by atoms with E-state index in [1.807, 2.05) is 19.2 Å². The van der Waals surface area contributed by atoms with Crippen molar-refractivity contribution in [1.82, 2.24) is 15.3 Å². The van der Waals surface area contributed by atoms with Crippen LogP contribution in [-0.4, -0.2) is 23.6 Å². The molecule has 3 nitrogen and oxygen atoms in total. The average Bonchev–Trinajstić information content (AvgIpc) is 2.67. The smallest absolute Gasteiger partial charge is 0.0954 e. The molecule has 3 heteroatoms. The second kappa shape index (κ2) is 4.07. The topological polar surface area (TPSA) is 40.7 Å². The van der Waals surface area contributed by atoms with Gasteiger partial charge in [-0.05, 0) is 13.1 Å². The quantitative estimate of drug-likeness (QED) is 0.769. The molecule has 0 saturated carbocycles.